The number of nitrogens with zero attached hydrogens (tertiary/aromatic N) is 5. The van der Waals surface area contributed by atoms with Crippen LogP contribution >= 0.6 is 11.6 Å². The number of rotatable bonds is 3. The quantitative estimate of drug-likeness (QED) is 0.735. The van der Waals surface area contributed by atoms with Crippen LogP contribution in [-0.2, 0) is 0 Å². The Morgan fingerprint density at radius 1 is 1.26 bits per heavy atom. The summed E-state index contributed by atoms with van der Waals surface area (Å²) < 4.78 is 1.43. The molecule has 2 heterocycles. The standard InChI is InChI=1S/C15H8ClN5O2/c16-10-5-6-12-18-13(15(22)23)14(21(12)8-10)20-19-11-4-2-1-3-9(11)7-17/h1-6,8H,(H,22,23). The Labute approximate surface area is 135 Å². The highest BCUT2D eigenvalue weighted by molar-refractivity contribution is 6.30. The van der Waals surface area contributed by atoms with E-state index in [4.69, 9.17) is 16.9 Å². The largest absolute Gasteiger partial charge is 0.476 e. The molecule has 0 aliphatic heterocycles. The molecule has 0 amide bonds. The van der Waals surface area contributed by atoms with Gasteiger partial charge < -0.3 is 5.11 Å². The summed E-state index contributed by atoms with van der Waals surface area (Å²) in [5, 5.41) is 26.7. The molecule has 1 aromatic carbocycles. The summed E-state index contributed by atoms with van der Waals surface area (Å²) in [6.45, 7) is 0. The highest BCUT2D eigenvalue weighted by Crippen LogP contribution is 2.26. The van der Waals surface area contributed by atoms with Crippen molar-refractivity contribution in [2.45, 2.75) is 0 Å². The van der Waals surface area contributed by atoms with Gasteiger partial charge in [0.25, 0.3) is 0 Å². The van der Waals surface area contributed by atoms with Crippen LogP contribution in [0.1, 0.15) is 16.1 Å². The van der Waals surface area contributed by atoms with Crippen LogP contribution < -0.4 is 0 Å². The lowest BCUT2D eigenvalue weighted by Gasteiger charge is -1.98. The van der Waals surface area contributed by atoms with Crippen molar-refractivity contribution in [1.82, 2.24) is 9.38 Å². The van der Waals surface area contributed by atoms with E-state index in [0.29, 0.717) is 21.9 Å². The van der Waals surface area contributed by atoms with E-state index in [1.54, 1.807) is 36.4 Å². The normalized spacial score (nSPS) is 11.0. The number of pyridine rings is 1. The average Bonchev–Trinajstić information content (AvgIpc) is 2.91. The number of aromatic carboxylic acids is 1. The first-order valence-electron chi connectivity index (χ1n) is 6.42. The van der Waals surface area contributed by atoms with E-state index < -0.39 is 5.97 Å². The van der Waals surface area contributed by atoms with E-state index in [1.807, 2.05) is 6.07 Å². The number of fused-ring (bicyclic) bond motifs is 1. The van der Waals surface area contributed by atoms with Crippen LogP contribution in [0.15, 0.2) is 52.8 Å². The fourth-order valence-corrected chi connectivity index (χ4v) is 2.16. The van der Waals surface area contributed by atoms with Gasteiger partial charge in [-0.1, -0.05) is 23.7 Å². The van der Waals surface area contributed by atoms with E-state index in [0.717, 1.165) is 0 Å². The number of carboxylic acid groups (broad SMARTS) is 1. The van der Waals surface area contributed by atoms with Crippen LogP contribution in [0.5, 0.6) is 0 Å². The molecule has 0 radical (unpaired) electrons. The van der Waals surface area contributed by atoms with Crippen molar-refractivity contribution in [3.05, 3.63) is 58.9 Å². The van der Waals surface area contributed by atoms with Gasteiger partial charge in [0, 0.05) is 6.20 Å². The van der Waals surface area contributed by atoms with E-state index in [2.05, 4.69) is 15.2 Å². The molecule has 0 aliphatic rings. The van der Waals surface area contributed by atoms with Gasteiger partial charge in [0.1, 0.15) is 17.4 Å². The van der Waals surface area contributed by atoms with Crippen molar-refractivity contribution in [3.63, 3.8) is 0 Å². The third-order valence-corrected chi connectivity index (χ3v) is 3.26. The fourth-order valence-electron chi connectivity index (χ4n) is 2.00. The maximum absolute atomic E-state index is 11.3. The van der Waals surface area contributed by atoms with Crippen molar-refractivity contribution < 1.29 is 9.90 Å². The lowest BCUT2D eigenvalue weighted by molar-refractivity contribution is 0.0692. The predicted molar refractivity (Wildman–Crippen MR) is 82.5 cm³/mol. The number of nitriles is 1. The monoisotopic (exact) mass is 325 g/mol. The lowest BCUT2D eigenvalue weighted by Crippen LogP contribution is -1.96. The molecular formula is C15H8ClN5O2. The molecule has 0 fully saturated rings. The molecule has 112 valence electrons. The summed E-state index contributed by atoms with van der Waals surface area (Å²) in [6, 6.07) is 11.8. The summed E-state index contributed by atoms with van der Waals surface area (Å²) in [5.74, 6) is -1.20. The van der Waals surface area contributed by atoms with E-state index in [-0.39, 0.29) is 11.5 Å². The zero-order valence-electron chi connectivity index (χ0n) is 11.5. The Balaban J connectivity index is 2.17. The summed E-state index contributed by atoms with van der Waals surface area (Å²) in [5.41, 5.74) is 0.808. The summed E-state index contributed by atoms with van der Waals surface area (Å²) in [7, 11) is 0. The van der Waals surface area contributed by atoms with Gasteiger partial charge in [0.15, 0.2) is 11.5 Å². The molecule has 3 rings (SSSR count). The predicted octanol–water partition coefficient (Wildman–Crippen LogP) is 3.97. The molecule has 0 aliphatic carbocycles. The van der Waals surface area contributed by atoms with Crippen LogP contribution in [0, 0.1) is 11.3 Å². The number of carboxylic acids is 1. The molecule has 1 N–H and O–H groups in total. The number of aromatic nitrogens is 2. The minimum atomic E-state index is -1.23. The molecule has 0 atom stereocenters. The van der Waals surface area contributed by atoms with Gasteiger partial charge in [-0.2, -0.15) is 5.26 Å². The SMILES string of the molecule is N#Cc1ccccc1N=Nc1c(C(=O)O)nc2ccc(Cl)cn12. The molecule has 0 saturated carbocycles. The smallest absolute Gasteiger partial charge is 0.358 e. The fraction of sp³-hybridized carbons (Fsp3) is 0. The highest BCUT2D eigenvalue weighted by Gasteiger charge is 2.18. The summed E-state index contributed by atoms with van der Waals surface area (Å²) in [6.07, 6.45) is 1.50. The zero-order valence-corrected chi connectivity index (χ0v) is 12.3. The molecule has 2 aromatic heterocycles. The molecule has 8 heteroatoms. The van der Waals surface area contributed by atoms with Crippen LogP contribution in [0.3, 0.4) is 0 Å². The Morgan fingerprint density at radius 2 is 2.04 bits per heavy atom. The number of azo groups is 1. The molecule has 0 unspecified atom stereocenters. The molecule has 0 bridgehead atoms. The minimum Gasteiger partial charge on any atom is -0.476 e. The molecule has 23 heavy (non-hydrogen) atoms. The molecule has 3 aromatic rings. The van der Waals surface area contributed by atoms with E-state index >= 15 is 0 Å². The zero-order chi connectivity index (χ0) is 16.4. The van der Waals surface area contributed by atoms with Crippen molar-refractivity contribution in [1.29, 1.82) is 5.26 Å². The molecule has 7 nitrogen and oxygen atoms in total. The number of halogens is 1. The second-order valence-corrected chi connectivity index (χ2v) is 4.93. The van der Waals surface area contributed by atoms with Crippen molar-refractivity contribution in [2.24, 2.45) is 10.2 Å². The van der Waals surface area contributed by atoms with Crippen molar-refractivity contribution in [2.75, 3.05) is 0 Å². The second-order valence-electron chi connectivity index (χ2n) is 4.49. The van der Waals surface area contributed by atoms with Gasteiger partial charge in [-0.15, -0.1) is 10.2 Å². The molecular weight excluding hydrogens is 318 g/mol. The second kappa shape index (κ2) is 5.87. The van der Waals surface area contributed by atoms with Gasteiger partial charge >= 0.3 is 5.97 Å². The number of hydrogen-bond donors (Lipinski definition) is 1. The first-order chi connectivity index (χ1) is 11.1. The Bertz CT molecular complexity index is 987. The van der Waals surface area contributed by atoms with Crippen LogP contribution in [-0.4, -0.2) is 20.5 Å². The molecule has 0 spiro atoms. The van der Waals surface area contributed by atoms with E-state index in [9.17, 15) is 9.90 Å². The summed E-state index contributed by atoms with van der Waals surface area (Å²) in [4.78, 5) is 15.3. The van der Waals surface area contributed by atoms with Gasteiger partial charge in [0.05, 0.1) is 10.6 Å². The third-order valence-electron chi connectivity index (χ3n) is 3.04. The van der Waals surface area contributed by atoms with Crippen molar-refractivity contribution >= 4 is 34.7 Å². The average molecular weight is 326 g/mol. The lowest BCUT2D eigenvalue weighted by atomic mass is 10.2. The maximum Gasteiger partial charge on any atom is 0.358 e. The van der Waals surface area contributed by atoms with Crippen LogP contribution in [0.25, 0.3) is 5.65 Å². The van der Waals surface area contributed by atoms with Crippen LogP contribution in [0.2, 0.25) is 5.02 Å². The highest BCUT2D eigenvalue weighted by atomic mass is 35.5. The Morgan fingerprint density at radius 3 is 2.78 bits per heavy atom. The van der Waals surface area contributed by atoms with Gasteiger partial charge in [-0.25, -0.2) is 9.78 Å². The maximum atomic E-state index is 11.3. The van der Waals surface area contributed by atoms with Crippen molar-refractivity contribution in [3.8, 4) is 6.07 Å². The Hall–Kier alpha value is -3.24. The van der Waals surface area contributed by atoms with Gasteiger partial charge in [-0.05, 0) is 24.3 Å². The first-order valence-corrected chi connectivity index (χ1v) is 6.79. The van der Waals surface area contributed by atoms with Gasteiger partial charge in [0.2, 0.25) is 0 Å². The van der Waals surface area contributed by atoms with E-state index in [1.165, 1.54) is 10.6 Å². The van der Waals surface area contributed by atoms with Gasteiger partial charge in [-0.3, -0.25) is 4.40 Å². The molecule has 0 saturated heterocycles. The number of benzene rings is 1. The third kappa shape index (κ3) is 2.75. The topological polar surface area (TPSA) is 103 Å². The van der Waals surface area contributed by atoms with Crippen LogP contribution in [0.4, 0.5) is 11.5 Å². The summed E-state index contributed by atoms with van der Waals surface area (Å²) >= 11 is 5.93. The Kier molecular flexibility index (Phi) is 3.75. The first kappa shape index (κ1) is 14.7. The number of hydrogen-bond acceptors (Lipinski definition) is 5. The number of imidazole rings is 1. The minimum absolute atomic E-state index is 0.0303. The number of carbonyl (C=O) groups is 1.